The highest BCUT2D eigenvalue weighted by atomic mass is 16.1. The molecule has 4 nitrogen and oxygen atoms in total. The first kappa shape index (κ1) is 9.71. The Morgan fingerprint density at radius 1 is 1.53 bits per heavy atom. The van der Waals surface area contributed by atoms with Crippen LogP contribution < -0.4 is 5.32 Å². The third-order valence-electron chi connectivity index (χ3n) is 2.18. The van der Waals surface area contributed by atoms with Gasteiger partial charge >= 0.3 is 0 Å². The molecule has 0 fully saturated rings. The van der Waals surface area contributed by atoms with E-state index in [0.717, 1.165) is 23.0 Å². The standard InChI is InChI=1S/C11H13N3O/c1-7(2)14-9-3-4-12-11-10(9)8(6-15)5-13-11/h3-7H,1-2H3,(H2,12,13,14). The van der Waals surface area contributed by atoms with Crippen molar-refractivity contribution in [2.24, 2.45) is 0 Å². The molecule has 2 aromatic heterocycles. The number of H-pyrrole nitrogens is 1. The summed E-state index contributed by atoms with van der Waals surface area (Å²) in [5.41, 5.74) is 2.32. The molecule has 0 spiro atoms. The Bertz CT molecular complexity index is 488. The predicted molar refractivity (Wildman–Crippen MR) is 60.2 cm³/mol. The normalized spacial score (nSPS) is 10.9. The molecular weight excluding hydrogens is 190 g/mol. The van der Waals surface area contributed by atoms with Crippen molar-refractivity contribution in [1.82, 2.24) is 9.97 Å². The fourth-order valence-corrected chi connectivity index (χ4v) is 1.61. The third-order valence-corrected chi connectivity index (χ3v) is 2.18. The van der Waals surface area contributed by atoms with Gasteiger partial charge in [-0.1, -0.05) is 0 Å². The molecule has 0 amide bonds. The molecule has 2 aromatic rings. The lowest BCUT2D eigenvalue weighted by Crippen LogP contribution is -2.10. The number of aromatic amines is 1. The molecule has 0 bridgehead atoms. The quantitative estimate of drug-likeness (QED) is 0.752. The molecule has 0 unspecified atom stereocenters. The number of hydrogen-bond acceptors (Lipinski definition) is 3. The first-order valence-electron chi connectivity index (χ1n) is 4.90. The van der Waals surface area contributed by atoms with Gasteiger partial charge in [0.15, 0.2) is 6.29 Å². The molecule has 0 aromatic carbocycles. The van der Waals surface area contributed by atoms with Crippen LogP contribution in [-0.4, -0.2) is 22.3 Å². The number of carbonyl (C=O) groups excluding carboxylic acids is 1. The Balaban J connectivity index is 2.61. The zero-order chi connectivity index (χ0) is 10.8. The van der Waals surface area contributed by atoms with Crippen LogP contribution in [0.25, 0.3) is 11.0 Å². The van der Waals surface area contributed by atoms with E-state index < -0.39 is 0 Å². The lowest BCUT2D eigenvalue weighted by molar-refractivity contribution is 0.112. The van der Waals surface area contributed by atoms with E-state index >= 15 is 0 Å². The van der Waals surface area contributed by atoms with Crippen LogP contribution in [0.4, 0.5) is 5.69 Å². The number of nitrogens with one attached hydrogen (secondary N) is 2. The van der Waals surface area contributed by atoms with Crippen LogP contribution in [0.1, 0.15) is 24.2 Å². The summed E-state index contributed by atoms with van der Waals surface area (Å²) in [5.74, 6) is 0. The molecule has 0 aliphatic rings. The van der Waals surface area contributed by atoms with Crippen LogP contribution in [0.15, 0.2) is 18.5 Å². The van der Waals surface area contributed by atoms with Crippen molar-refractivity contribution < 1.29 is 4.79 Å². The molecule has 0 aliphatic heterocycles. The van der Waals surface area contributed by atoms with Crippen molar-refractivity contribution in [2.75, 3.05) is 5.32 Å². The van der Waals surface area contributed by atoms with Gasteiger partial charge in [-0.15, -0.1) is 0 Å². The maximum Gasteiger partial charge on any atom is 0.152 e. The van der Waals surface area contributed by atoms with Gasteiger partial charge in [0.2, 0.25) is 0 Å². The van der Waals surface area contributed by atoms with Gasteiger partial charge in [-0.3, -0.25) is 4.79 Å². The SMILES string of the molecule is CC(C)Nc1ccnc2[nH]cc(C=O)c12. The van der Waals surface area contributed by atoms with E-state index in [1.807, 2.05) is 6.07 Å². The van der Waals surface area contributed by atoms with Gasteiger partial charge in [-0.25, -0.2) is 4.98 Å². The molecule has 2 N–H and O–H groups in total. The maximum absolute atomic E-state index is 10.8. The van der Waals surface area contributed by atoms with Crippen molar-refractivity contribution in [3.8, 4) is 0 Å². The van der Waals surface area contributed by atoms with Crippen LogP contribution in [-0.2, 0) is 0 Å². The van der Waals surface area contributed by atoms with E-state index in [9.17, 15) is 4.79 Å². The van der Waals surface area contributed by atoms with Crippen molar-refractivity contribution in [2.45, 2.75) is 19.9 Å². The summed E-state index contributed by atoms with van der Waals surface area (Å²) in [4.78, 5) is 18.0. The molecule has 0 aliphatic carbocycles. The van der Waals surface area contributed by atoms with Gasteiger partial charge in [0.1, 0.15) is 5.65 Å². The number of hydrogen-bond donors (Lipinski definition) is 2. The van der Waals surface area contributed by atoms with Crippen molar-refractivity contribution in [1.29, 1.82) is 0 Å². The van der Waals surface area contributed by atoms with Gasteiger partial charge < -0.3 is 10.3 Å². The number of fused-ring (bicyclic) bond motifs is 1. The Kier molecular flexibility index (Phi) is 2.41. The molecule has 0 saturated heterocycles. The molecule has 2 rings (SSSR count). The highest BCUT2D eigenvalue weighted by Gasteiger charge is 2.09. The average molecular weight is 203 g/mol. The number of carbonyl (C=O) groups is 1. The Morgan fingerprint density at radius 2 is 2.33 bits per heavy atom. The summed E-state index contributed by atoms with van der Waals surface area (Å²) in [5, 5.41) is 4.15. The second kappa shape index (κ2) is 3.73. The van der Waals surface area contributed by atoms with E-state index in [0.29, 0.717) is 11.6 Å². The Morgan fingerprint density at radius 3 is 3.00 bits per heavy atom. The van der Waals surface area contributed by atoms with Gasteiger partial charge in [0, 0.05) is 29.7 Å². The van der Waals surface area contributed by atoms with Crippen LogP contribution in [0, 0.1) is 0 Å². The molecule has 4 heteroatoms. The summed E-state index contributed by atoms with van der Waals surface area (Å²) in [6, 6.07) is 2.20. The number of aldehydes is 1. The lowest BCUT2D eigenvalue weighted by Gasteiger charge is -2.10. The fourth-order valence-electron chi connectivity index (χ4n) is 1.61. The van der Waals surface area contributed by atoms with Crippen LogP contribution in [0.2, 0.25) is 0 Å². The second-order valence-electron chi connectivity index (χ2n) is 3.74. The molecular formula is C11H13N3O. The number of rotatable bonds is 3. The molecule has 15 heavy (non-hydrogen) atoms. The molecule has 0 saturated carbocycles. The zero-order valence-corrected chi connectivity index (χ0v) is 8.74. The minimum absolute atomic E-state index is 0.324. The fraction of sp³-hybridized carbons (Fsp3) is 0.273. The molecule has 2 heterocycles. The van der Waals surface area contributed by atoms with E-state index in [2.05, 4.69) is 29.1 Å². The summed E-state index contributed by atoms with van der Waals surface area (Å²) in [6.07, 6.45) is 4.24. The van der Waals surface area contributed by atoms with Crippen molar-refractivity contribution in [3.63, 3.8) is 0 Å². The first-order valence-corrected chi connectivity index (χ1v) is 4.90. The number of nitrogens with zero attached hydrogens (tertiary/aromatic N) is 1. The van der Waals surface area contributed by atoms with Gasteiger partial charge in [-0.05, 0) is 19.9 Å². The van der Waals surface area contributed by atoms with E-state index in [-0.39, 0.29) is 0 Å². The van der Waals surface area contributed by atoms with E-state index in [4.69, 9.17) is 0 Å². The zero-order valence-electron chi connectivity index (χ0n) is 8.74. The lowest BCUT2D eigenvalue weighted by atomic mass is 10.2. The summed E-state index contributed by atoms with van der Waals surface area (Å²) >= 11 is 0. The average Bonchev–Trinajstić information content (AvgIpc) is 2.61. The predicted octanol–water partition coefficient (Wildman–Crippen LogP) is 2.20. The second-order valence-corrected chi connectivity index (χ2v) is 3.74. The first-order chi connectivity index (χ1) is 7.22. The van der Waals surface area contributed by atoms with Crippen molar-refractivity contribution >= 4 is 23.0 Å². The smallest absolute Gasteiger partial charge is 0.152 e. The largest absolute Gasteiger partial charge is 0.382 e. The van der Waals surface area contributed by atoms with Gasteiger partial charge in [-0.2, -0.15) is 0 Å². The number of anilines is 1. The summed E-state index contributed by atoms with van der Waals surface area (Å²) in [6.45, 7) is 4.11. The minimum Gasteiger partial charge on any atom is -0.382 e. The summed E-state index contributed by atoms with van der Waals surface area (Å²) in [7, 11) is 0. The summed E-state index contributed by atoms with van der Waals surface area (Å²) < 4.78 is 0. The van der Waals surface area contributed by atoms with Gasteiger partial charge in [0.05, 0.1) is 5.39 Å². The Hall–Kier alpha value is -1.84. The highest BCUT2D eigenvalue weighted by Crippen LogP contribution is 2.24. The van der Waals surface area contributed by atoms with Gasteiger partial charge in [0.25, 0.3) is 0 Å². The molecule has 0 radical (unpaired) electrons. The Labute approximate surface area is 87.7 Å². The van der Waals surface area contributed by atoms with Crippen LogP contribution in [0.3, 0.4) is 0 Å². The van der Waals surface area contributed by atoms with E-state index in [1.54, 1.807) is 12.4 Å². The molecule has 78 valence electrons. The van der Waals surface area contributed by atoms with Crippen LogP contribution in [0.5, 0.6) is 0 Å². The highest BCUT2D eigenvalue weighted by molar-refractivity contribution is 6.02. The maximum atomic E-state index is 10.8. The topological polar surface area (TPSA) is 57.8 Å². The van der Waals surface area contributed by atoms with E-state index in [1.165, 1.54) is 0 Å². The van der Waals surface area contributed by atoms with Crippen LogP contribution >= 0.6 is 0 Å². The van der Waals surface area contributed by atoms with Crippen molar-refractivity contribution in [3.05, 3.63) is 24.0 Å². The number of aromatic nitrogens is 2. The monoisotopic (exact) mass is 203 g/mol. The molecule has 0 atom stereocenters. The third kappa shape index (κ3) is 1.70. The minimum atomic E-state index is 0.324. The number of pyridine rings is 1.